The molecular formula is C8H14N4S2. The fourth-order valence-electron chi connectivity index (χ4n) is 0.871. The predicted molar refractivity (Wildman–Crippen MR) is 64.4 cm³/mol. The summed E-state index contributed by atoms with van der Waals surface area (Å²) in [6, 6.07) is 0. The number of thiocarbonyl (C=S) groups is 1. The Morgan fingerprint density at radius 2 is 2.57 bits per heavy atom. The molecule has 6 heteroatoms. The van der Waals surface area contributed by atoms with Crippen molar-refractivity contribution in [3.8, 4) is 0 Å². The minimum atomic E-state index is 0.698. The maximum Gasteiger partial charge on any atom is 0.166 e. The van der Waals surface area contributed by atoms with E-state index in [1.54, 1.807) is 6.20 Å². The van der Waals surface area contributed by atoms with Gasteiger partial charge in [0.2, 0.25) is 0 Å². The van der Waals surface area contributed by atoms with Crippen LogP contribution >= 0.6 is 24.0 Å². The van der Waals surface area contributed by atoms with E-state index in [0.717, 1.165) is 23.9 Å². The molecule has 0 fully saturated rings. The van der Waals surface area contributed by atoms with Gasteiger partial charge < -0.3 is 15.6 Å². The highest BCUT2D eigenvalue weighted by molar-refractivity contribution is 7.98. The van der Waals surface area contributed by atoms with Crippen LogP contribution < -0.4 is 10.6 Å². The molecule has 3 N–H and O–H groups in total. The SMILES string of the molecule is CNC(=S)NCCSCc1ncc[nH]1. The van der Waals surface area contributed by atoms with Crippen LogP contribution in [0.15, 0.2) is 12.4 Å². The van der Waals surface area contributed by atoms with Crippen molar-refractivity contribution >= 4 is 29.1 Å². The van der Waals surface area contributed by atoms with Crippen molar-refractivity contribution in [3.05, 3.63) is 18.2 Å². The number of imidazole rings is 1. The third-order valence-electron chi connectivity index (χ3n) is 1.55. The van der Waals surface area contributed by atoms with Crippen LogP contribution in [0.1, 0.15) is 5.82 Å². The summed E-state index contributed by atoms with van der Waals surface area (Å²) < 4.78 is 0. The minimum absolute atomic E-state index is 0.698. The molecule has 0 aromatic carbocycles. The molecule has 0 saturated heterocycles. The first-order chi connectivity index (χ1) is 6.83. The van der Waals surface area contributed by atoms with Crippen LogP contribution in [0.25, 0.3) is 0 Å². The highest BCUT2D eigenvalue weighted by atomic mass is 32.2. The zero-order valence-electron chi connectivity index (χ0n) is 8.04. The smallest absolute Gasteiger partial charge is 0.166 e. The summed E-state index contributed by atoms with van der Waals surface area (Å²) in [5.41, 5.74) is 0. The van der Waals surface area contributed by atoms with E-state index in [1.165, 1.54) is 0 Å². The second-order valence-electron chi connectivity index (χ2n) is 2.59. The Labute approximate surface area is 93.3 Å². The molecule has 1 rings (SSSR count). The van der Waals surface area contributed by atoms with E-state index in [-0.39, 0.29) is 0 Å². The van der Waals surface area contributed by atoms with E-state index in [2.05, 4.69) is 20.6 Å². The molecule has 78 valence electrons. The highest BCUT2D eigenvalue weighted by Gasteiger charge is 1.95. The molecule has 0 radical (unpaired) electrons. The molecule has 0 aliphatic rings. The Kier molecular flexibility index (Phi) is 5.39. The van der Waals surface area contributed by atoms with E-state index < -0.39 is 0 Å². The minimum Gasteiger partial charge on any atom is -0.366 e. The van der Waals surface area contributed by atoms with Gasteiger partial charge >= 0.3 is 0 Å². The summed E-state index contributed by atoms with van der Waals surface area (Å²) in [7, 11) is 1.81. The lowest BCUT2D eigenvalue weighted by Crippen LogP contribution is -2.33. The number of nitrogens with one attached hydrogen (secondary N) is 3. The van der Waals surface area contributed by atoms with Gasteiger partial charge in [0, 0.05) is 31.7 Å². The van der Waals surface area contributed by atoms with E-state index >= 15 is 0 Å². The van der Waals surface area contributed by atoms with Crippen LogP contribution in [0.4, 0.5) is 0 Å². The van der Waals surface area contributed by atoms with Crippen molar-refractivity contribution in [2.24, 2.45) is 0 Å². The molecule has 0 unspecified atom stereocenters. The Hall–Kier alpha value is -0.750. The topological polar surface area (TPSA) is 52.7 Å². The van der Waals surface area contributed by atoms with E-state index in [4.69, 9.17) is 12.2 Å². The Balaban J connectivity index is 1.97. The summed E-state index contributed by atoms with van der Waals surface area (Å²) >= 11 is 6.75. The van der Waals surface area contributed by atoms with Crippen molar-refractivity contribution < 1.29 is 0 Å². The predicted octanol–water partition coefficient (Wildman–Crippen LogP) is 0.737. The second kappa shape index (κ2) is 6.67. The quantitative estimate of drug-likeness (QED) is 0.514. The average Bonchev–Trinajstić information content (AvgIpc) is 2.69. The van der Waals surface area contributed by atoms with Gasteiger partial charge in [0.05, 0.1) is 5.75 Å². The molecule has 14 heavy (non-hydrogen) atoms. The van der Waals surface area contributed by atoms with Crippen molar-refractivity contribution in [1.82, 2.24) is 20.6 Å². The van der Waals surface area contributed by atoms with E-state index in [9.17, 15) is 0 Å². The van der Waals surface area contributed by atoms with Crippen LogP contribution in [0, 0.1) is 0 Å². The summed E-state index contributed by atoms with van der Waals surface area (Å²) in [4.78, 5) is 7.19. The second-order valence-corrected chi connectivity index (χ2v) is 4.11. The number of aromatic nitrogens is 2. The number of H-pyrrole nitrogens is 1. The summed E-state index contributed by atoms with van der Waals surface area (Å²) in [5.74, 6) is 2.95. The van der Waals surface area contributed by atoms with Gasteiger partial charge in [0.25, 0.3) is 0 Å². The standard InChI is InChI=1S/C8H14N4S2/c1-9-8(13)12-4-5-14-6-7-10-2-3-11-7/h2-3H,4-6H2,1H3,(H,10,11)(H2,9,12,13). The third-order valence-corrected chi connectivity index (χ3v) is 2.87. The number of aromatic amines is 1. The molecule has 0 aliphatic heterocycles. The van der Waals surface area contributed by atoms with Gasteiger partial charge in [0.1, 0.15) is 5.82 Å². The fraction of sp³-hybridized carbons (Fsp3) is 0.500. The number of thioether (sulfide) groups is 1. The first-order valence-electron chi connectivity index (χ1n) is 4.34. The van der Waals surface area contributed by atoms with Crippen LogP contribution in [0.2, 0.25) is 0 Å². The van der Waals surface area contributed by atoms with Gasteiger partial charge in [-0.3, -0.25) is 0 Å². The van der Waals surface area contributed by atoms with Crippen molar-refractivity contribution in [2.45, 2.75) is 5.75 Å². The molecule has 1 heterocycles. The monoisotopic (exact) mass is 230 g/mol. The molecule has 1 aromatic rings. The van der Waals surface area contributed by atoms with E-state index in [1.807, 2.05) is 25.0 Å². The third kappa shape index (κ3) is 4.48. The fourth-order valence-corrected chi connectivity index (χ4v) is 1.71. The van der Waals surface area contributed by atoms with Gasteiger partial charge in [0.15, 0.2) is 5.11 Å². The zero-order chi connectivity index (χ0) is 10.2. The van der Waals surface area contributed by atoms with Crippen molar-refractivity contribution in [3.63, 3.8) is 0 Å². The first kappa shape index (κ1) is 11.3. The number of hydrogen-bond donors (Lipinski definition) is 3. The van der Waals surface area contributed by atoms with Gasteiger partial charge in [-0.2, -0.15) is 11.8 Å². The molecule has 4 nitrogen and oxygen atoms in total. The molecule has 0 spiro atoms. The van der Waals surface area contributed by atoms with Gasteiger partial charge in [-0.25, -0.2) is 4.98 Å². The van der Waals surface area contributed by atoms with E-state index in [0.29, 0.717) is 5.11 Å². The number of nitrogens with zero attached hydrogens (tertiary/aromatic N) is 1. The van der Waals surface area contributed by atoms with Crippen LogP contribution in [-0.2, 0) is 5.75 Å². The first-order valence-corrected chi connectivity index (χ1v) is 5.91. The lowest BCUT2D eigenvalue weighted by atomic mass is 10.7. The van der Waals surface area contributed by atoms with Gasteiger partial charge in [-0.1, -0.05) is 0 Å². The molecule has 0 atom stereocenters. The Bertz CT molecular complexity index is 260. The highest BCUT2D eigenvalue weighted by Crippen LogP contribution is 2.06. The average molecular weight is 230 g/mol. The molecular weight excluding hydrogens is 216 g/mol. The zero-order valence-corrected chi connectivity index (χ0v) is 9.67. The van der Waals surface area contributed by atoms with Crippen LogP contribution in [0.5, 0.6) is 0 Å². The molecule has 1 aromatic heterocycles. The molecule has 0 bridgehead atoms. The molecule has 0 amide bonds. The number of rotatable bonds is 5. The van der Waals surface area contributed by atoms with Gasteiger partial charge in [-0.15, -0.1) is 0 Å². The van der Waals surface area contributed by atoms with Gasteiger partial charge in [-0.05, 0) is 12.2 Å². The lowest BCUT2D eigenvalue weighted by molar-refractivity contribution is 0.942. The Morgan fingerprint density at radius 1 is 1.71 bits per heavy atom. The Morgan fingerprint density at radius 3 is 3.21 bits per heavy atom. The van der Waals surface area contributed by atoms with Crippen LogP contribution in [-0.4, -0.2) is 34.4 Å². The van der Waals surface area contributed by atoms with Crippen LogP contribution in [0.3, 0.4) is 0 Å². The summed E-state index contributed by atoms with van der Waals surface area (Å²) in [5, 5.41) is 6.64. The largest absolute Gasteiger partial charge is 0.366 e. The maximum absolute atomic E-state index is 4.93. The maximum atomic E-state index is 4.93. The normalized spacial score (nSPS) is 9.79. The summed E-state index contributed by atoms with van der Waals surface area (Å²) in [6.45, 7) is 0.880. The molecule has 0 saturated carbocycles. The summed E-state index contributed by atoms with van der Waals surface area (Å²) in [6.07, 6.45) is 3.61. The van der Waals surface area contributed by atoms with Crippen molar-refractivity contribution in [2.75, 3.05) is 19.3 Å². The van der Waals surface area contributed by atoms with Crippen molar-refractivity contribution in [1.29, 1.82) is 0 Å². The molecule has 0 aliphatic carbocycles. The number of hydrogen-bond acceptors (Lipinski definition) is 3. The lowest BCUT2D eigenvalue weighted by Gasteiger charge is -2.05.